The molecule has 0 saturated heterocycles. The summed E-state index contributed by atoms with van der Waals surface area (Å²) in [6.45, 7) is 2.40. The SMILES string of the molecule is CNCc1ccc(N)c(F)c1C.O=C(O)c1cn[nH]c1. The number of hydrogen-bond donors (Lipinski definition) is 4. The van der Waals surface area contributed by atoms with Crippen molar-refractivity contribution in [3.63, 3.8) is 0 Å². The molecule has 0 spiro atoms. The maximum Gasteiger partial charge on any atom is 0.338 e. The number of halogens is 1. The normalized spacial score (nSPS) is 9.75. The van der Waals surface area contributed by atoms with Crippen LogP contribution < -0.4 is 11.1 Å². The van der Waals surface area contributed by atoms with Crippen LogP contribution in [0.25, 0.3) is 0 Å². The molecule has 2 rings (SSSR count). The summed E-state index contributed by atoms with van der Waals surface area (Å²) >= 11 is 0. The molecule has 0 aliphatic heterocycles. The quantitative estimate of drug-likeness (QED) is 0.638. The largest absolute Gasteiger partial charge is 0.478 e. The Morgan fingerprint density at radius 3 is 2.70 bits per heavy atom. The fourth-order valence-corrected chi connectivity index (χ4v) is 1.50. The molecule has 0 aliphatic rings. The highest BCUT2D eigenvalue weighted by Crippen LogP contribution is 2.18. The van der Waals surface area contributed by atoms with Gasteiger partial charge in [0.1, 0.15) is 5.82 Å². The number of hydrogen-bond acceptors (Lipinski definition) is 4. The van der Waals surface area contributed by atoms with E-state index < -0.39 is 5.97 Å². The molecule has 1 aromatic carbocycles. The number of aromatic carboxylic acids is 1. The Balaban J connectivity index is 0.000000217. The van der Waals surface area contributed by atoms with Crippen LogP contribution in [0.1, 0.15) is 21.5 Å². The lowest BCUT2D eigenvalue weighted by molar-refractivity contribution is 0.0697. The van der Waals surface area contributed by atoms with Crippen molar-refractivity contribution in [2.45, 2.75) is 13.5 Å². The average Bonchev–Trinajstić information content (AvgIpc) is 2.95. The Morgan fingerprint density at radius 2 is 2.25 bits per heavy atom. The number of benzene rings is 1. The third-order valence-corrected chi connectivity index (χ3v) is 2.64. The van der Waals surface area contributed by atoms with Crippen molar-refractivity contribution >= 4 is 11.7 Å². The molecule has 0 amide bonds. The number of aromatic nitrogens is 2. The van der Waals surface area contributed by atoms with E-state index in [1.807, 2.05) is 13.1 Å². The number of carboxylic acids is 1. The van der Waals surface area contributed by atoms with Crippen molar-refractivity contribution in [3.05, 3.63) is 47.0 Å². The summed E-state index contributed by atoms with van der Waals surface area (Å²) in [6.07, 6.45) is 2.57. The molecule has 2 aromatic rings. The first-order valence-electron chi connectivity index (χ1n) is 5.87. The Labute approximate surface area is 115 Å². The van der Waals surface area contributed by atoms with Gasteiger partial charge in [0, 0.05) is 12.7 Å². The van der Waals surface area contributed by atoms with Crippen LogP contribution in [0.15, 0.2) is 24.5 Å². The highest BCUT2D eigenvalue weighted by molar-refractivity contribution is 5.86. The summed E-state index contributed by atoms with van der Waals surface area (Å²) in [5, 5.41) is 17.0. The highest BCUT2D eigenvalue weighted by atomic mass is 19.1. The predicted octanol–water partition coefficient (Wildman–Crippen LogP) is 1.54. The predicted molar refractivity (Wildman–Crippen MR) is 73.9 cm³/mol. The first kappa shape index (κ1) is 15.6. The van der Waals surface area contributed by atoms with Gasteiger partial charge in [0.05, 0.1) is 17.4 Å². The van der Waals surface area contributed by atoms with Crippen LogP contribution in [0.4, 0.5) is 10.1 Å². The number of anilines is 1. The fourth-order valence-electron chi connectivity index (χ4n) is 1.50. The Bertz CT molecular complexity index is 570. The number of nitrogens with one attached hydrogen (secondary N) is 2. The van der Waals surface area contributed by atoms with Crippen LogP contribution in [0.3, 0.4) is 0 Å². The summed E-state index contributed by atoms with van der Waals surface area (Å²) in [6, 6.07) is 3.43. The van der Waals surface area contributed by atoms with Crippen LogP contribution in [0.5, 0.6) is 0 Å². The number of nitrogens with zero attached hydrogens (tertiary/aromatic N) is 1. The molecule has 0 fully saturated rings. The minimum Gasteiger partial charge on any atom is -0.478 e. The van der Waals surface area contributed by atoms with E-state index in [1.165, 1.54) is 12.4 Å². The van der Waals surface area contributed by atoms with E-state index >= 15 is 0 Å². The third kappa shape index (κ3) is 4.06. The van der Waals surface area contributed by atoms with Crippen molar-refractivity contribution < 1.29 is 14.3 Å². The first-order chi connectivity index (χ1) is 9.47. The second-order valence-corrected chi connectivity index (χ2v) is 4.08. The maximum absolute atomic E-state index is 13.2. The molecular formula is C13H17FN4O2. The van der Waals surface area contributed by atoms with E-state index in [4.69, 9.17) is 10.8 Å². The number of nitrogen functional groups attached to an aromatic ring is 1. The van der Waals surface area contributed by atoms with Crippen molar-refractivity contribution in [3.8, 4) is 0 Å². The van der Waals surface area contributed by atoms with Gasteiger partial charge in [0.25, 0.3) is 0 Å². The molecule has 108 valence electrons. The van der Waals surface area contributed by atoms with Gasteiger partial charge in [-0.25, -0.2) is 9.18 Å². The van der Waals surface area contributed by atoms with Crippen molar-refractivity contribution in [1.29, 1.82) is 0 Å². The lowest BCUT2D eigenvalue weighted by Gasteiger charge is -2.07. The van der Waals surface area contributed by atoms with Crippen molar-refractivity contribution in [1.82, 2.24) is 15.5 Å². The third-order valence-electron chi connectivity index (χ3n) is 2.64. The van der Waals surface area contributed by atoms with Gasteiger partial charge in [-0.2, -0.15) is 5.10 Å². The van der Waals surface area contributed by atoms with Gasteiger partial charge in [0.15, 0.2) is 0 Å². The zero-order chi connectivity index (χ0) is 15.1. The molecule has 6 nitrogen and oxygen atoms in total. The topological polar surface area (TPSA) is 104 Å². The van der Waals surface area contributed by atoms with Gasteiger partial charge >= 0.3 is 5.97 Å². The summed E-state index contributed by atoms with van der Waals surface area (Å²) in [5.74, 6) is -1.26. The van der Waals surface area contributed by atoms with E-state index in [2.05, 4.69) is 15.5 Å². The average molecular weight is 280 g/mol. The molecule has 20 heavy (non-hydrogen) atoms. The number of aromatic amines is 1. The zero-order valence-electron chi connectivity index (χ0n) is 11.3. The van der Waals surface area contributed by atoms with Gasteiger partial charge in [-0.15, -0.1) is 0 Å². The molecule has 0 atom stereocenters. The molecule has 1 heterocycles. The second kappa shape index (κ2) is 7.25. The van der Waals surface area contributed by atoms with Crippen molar-refractivity contribution in [2.75, 3.05) is 12.8 Å². The van der Waals surface area contributed by atoms with Gasteiger partial charge < -0.3 is 16.2 Å². The molecule has 0 saturated carbocycles. The number of H-pyrrole nitrogens is 1. The minimum absolute atomic E-state index is 0.185. The summed E-state index contributed by atoms with van der Waals surface area (Å²) in [4.78, 5) is 10.0. The van der Waals surface area contributed by atoms with Crippen LogP contribution in [0.2, 0.25) is 0 Å². The van der Waals surface area contributed by atoms with Crippen LogP contribution in [-0.4, -0.2) is 28.3 Å². The van der Waals surface area contributed by atoms with Gasteiger partial charge in [-0.05, 0) is 31.2 Å². The van der Waals surface area contributed by atoms with E-state index in [0.717, 1.165) is 5.56 Å². The number of carbonyl (C=O) groups is 1. The minimum atomic E-state index is -0.959. The van der Waals surface area contributed by atoms with Crippen LogP contribution in [0, 0.1) is 12.7 Å². The molecule has 7 heteroatoms. The second-order valence-electron chi connectivity index (χ2n) is 4.08. The highest BCUT2D eigenvalue weighted by Gasteiger charge is 2.05. The fraction of sp³-hybridized carbons (Fsp3) is 0.231. The molecule has 0 radical (unpaired) electrons. The van der Waals surface area contributed by atoms with E-state index in [9.17, 15) is 9.18 Å². The maximum atomic E-state index is 13.2. The number of nitrogens with two attached hydrogens (primary N) is 1. The molecule has 0 bridgehead atoms. The Morgan fingerprint density at radius 1 is 1.55 bits per heavy atom. The Hall–Kier alpha value is -2.41. The van der Waals surface area contributed by atoms with Gasteiger partial charge in [-0.3, -0.25) is 5.10 Å². The smallest absolute Gasteiger partial charge is 0.338 e. The lowest BCUT2D eigenvalue weighted by Crippen LogP contribution is -2.08. The summed E-state index contributed by atoms with van der Waals surface area (Å²) in [5.41, 5.74) is 7.37. The van der Waals surface area contributed by atoms with E-state index in [0.29, 0.717) is 12.1 Å². The molecule has 5 N–H and O–H groups in total. The standard InChI is InChI=1S/C9H13FN2.C4H4N2O2/c1-6-7(5-12-2)3-4-8(11)9(6)10;7-4(8)3-1-5-6-2-3/h3-4,12H,5,11H2,1-2H3;1-2H,(H,5,6)(H,7,8). The monoisotopic (exact) mass is 280 g/mol. The number of carboxylic acid groups (broad SMARTS) is 1. The summed E-state index contributed by atoms with van der Waals surface area (Å²) in [7, 11) is 1.83. The lowest BCUT2D eigenvalue weighted by atomic mass is 10.1. The first-order valence-corrected chi connectivity index (χ1v) is 5.87. The van der Waals surface area contributed by atoms with E-state index in [1.54, 1.807) is 13.0 Å². The van der Waals surface area contributed by atoms with Crippen LogP contribution in [-0.2, 0) is 6.54 Å². The number of rotatable bonds is 3. The van der Waals surface area contributed by atoms with Gasteiger partial charge in [-0.1, -0.05) is 6.07 Å². The summed E-state index contributed by atoms with van der Waals surface area (Å²) < 4.78 is 13.2. The Kier molecular flexibility index (Phi) is 5.67. The van der Waals surface area contributed by atoms with Crippen molar-refractivity contribution in [2.24, 2.45) is 0 Å². The van der Waals surface area contributed by atoms with Gasteiger partial charge in [0.2, 0.25) is 0 Å². The van der Waals surface area contributed by atoms with Crippen LogP contribution >= 0.6 is 0 Å². The zero-order valence-corrected chi connectivity index (χ0v) is 11.3. The molecule has 0 unspecified atom stereocenters. The van der Waals surface area contributed by atoms with E-state index in [-0.39, 0.29) is 17.1 Å². The molecule has 1 aromatic heterocycles. The molecule has 0 aliphatic carbocycles. The molecular weight excluding hydrogens is 263 g/mol.